The first-order chi connectivity index (χ1) is 8.49. The quantitative estimate of drug-likeness (QED) is 0.836. The Hall–Kier alpha value is -1.82. The second-order valence-electron chi connectivity index (χ2n) is 3.92. The number of nitrogen functional groups attached to an aromatic ring is 1. The van der Waals surface area contributed by atoms with E-state index in [-0.39, 0.29) is 5.91 Å². The van der Waals surface area contributed by atoms with Crippen molar-refractivity contribution in [3.8, 4) is 0 Å². The molecule has 0 atom stereocenters. The van der Waals surface area contributed by atoms with Crippen molar-refractivity contribution < 1.29 is 9.32 Å². The summed E-state index contributed by atoms with van der Waals surface area (Å²) in [6.07, 6.45) is 0. The van der Waals surface area contributed by atoms with Crippen LogP contribution in [0.15, 0.2) is 27.2 Å². The molecule has 94 valence electrons. The highest BCUT2D eigenvalue weighted by molar-refractivity contribution is 9.10. The van der Waals surface area contributed by atoms with Crippen molar-refractivity contribution >= 4 is 33.4 Å². The predicted molar refractivity (Wildman–Crippen MR) is 72.5 cm³/mol. The summed E-state index contributed by atoms with van der Waals surface area (Å²) < 4.78 is 5.70. The molecule has 0 aliphatic rings. The Labute approximate surface area is 112 Å². The fourth-order valence-corrected chi connectivity index (χ4v) is 1.85. The summed E-state index contributed by atoms with van der Waals surface area (Å²) in [5.41, 5.74) is 8.18. The number of anilines is 2. The lowest BCUT2D eigenvalue weighted by Crippen LogP contribution is -2.13. The fourth-order valence-electron chi connectivity index (χ4n) is 1.42. The first-order valence-corrected chi connectivity index (χ1v) is 6.07. The zero-order valence-corrected chi connectivity index (χ0v) is 11.5. The Kier molecular flexibility index (Phi) is 3.38. The summed E-state index contributed by atoms with van der Waals surface area (Å²) in [6, 6.07) is 5.03. The van der Waals surface area contributed by atoms with Gasteiger partial charge in [0.2, 0.25) is 5.88 Å². The van der Waals surface area contributed by atoms with Crippen LogP contribution >= 0.6 is 15.9 Å². The molecule has 1 amide bonds. The molecule has 18 heavy (non-hydrogen) atoms. The molecule has 0 saturated heterocycles. The van der Waals surface area contributed by atoms with E-state index in [2.05, 4.69) is 26.4 Å². The lowest BCUT2D eigenvalue weighted by molar-refractivity contribution is 0.102. The standard InChI is InChI=1S/C12H12BrN3O2/c1-6-7(2)16-18-12(6)15-11(17)9-5-8(14)3-4-10(9)13/h3-5H,14H2,1-2H3,(H,15,17). The third kappa shape index (κ3) is 2.38. The van der Waals surface area contributed by atoms with E-state index in [0.717, 1.165) is 11.3 Å². The number of aryl methyl sites for hydroxylation is 1. The van der Waals surface area contributed by atoms with Gasteiger partial charge in [-0.2, -0.15) is 0 Å². The number of rotatable bonds is 2. The first-order valence-electron chi connectivity index (χ1n) is 5.28. The molecular weight excluding hydrogens is 298 g/mol. The van der Waals surface area contributed by atoms with Crippen molar-refractivity contribution in [2.75, 3.05) is 11.1 Å². The second kappa shape index (κ2) is 4.81. The number of nitrogens with two attached hydrogens (primary N) is 1. The molecule has 3 N–H and O–H groups in total. The molecule has 0 radical (unpaired) electrons. The molecule has 1 aromatic heterocycles. The molecule has 2 rings (SSSR count). The van der Waals surface area contributed by atoms with Crippen LogP contribution in [0.4, 0.5) is 11.6 Å². The third-order valence-electron chi connectivity index (χ3n) is 2.62. The maximum absolute atomic E-state index is 12.1. The third-order valence-corrected chi connectivity index (χ3v) is 3.31. The summed E-state index contributed by atoms with van der Waals surface area (Å²) in [5, 5.41) is 6.44. The van der Waals surface area contributed by atoms with E-state index < -0.39 is 0 Å². The first kappa shape index (κ1) is 12.6. The Bertz CT molecular complexity index is 607. The van der Waals surface area contributed by atoms with Crippen LogP contribution in [0.25, 0.3) is 0 Å². The molecule has 0 bridgehead atoms. The Morgan fingerprint density at radius 3 is 2.78 bits per heavy atom. The van der Waals surface area contributed by atoms with E-state index in [4.69, 9.17) is 10.3 Å². The number of halogens is 1. The summed E-state index contributed by atoms with van der Waals surface area (Å²) in [5.74, 6) is 0.0558. The minimum Gasteiger partial charge on any atom is -0.399 e. The topological polar surface area (TPSA) is 81.2 Å². The molecule has 1 heterocycles. The van der Waals surface area contributed by atoms with Crippen molar-refractivity contribution in [1.82, 2.24) is 5.16 Å². The SMILES string of the molecule is Cc1noc(NC(=O)c2cc(N)ccc2Br)c1C. The fraction of sp³-hybridized carbons (Fsp3) is 0.167. The van der Waals surface area contributed by atoms with Gasteiger partial charge in [-0.3, -0.25) is 10.1 Å². The predicted octanol–water partition coefficient (Wildman–Crippen LogP) is 2.89. The highest BCUT2D eigenvalue weighted by atomic mass is 79.9. The molecule has 0 saturated carbocycles. The van der Waals surface area contributed by atoms with Crippen LogP contribution in [0.5, 0.6) is 0 Å². The number of carbonyl (C=O) groups excluding carboxylic acids is 1. The summed E-state index contributed by atoms with van der Waals surface area (Å²) in [7, 11) is 0. The minimum absolute atomic E-state index is 0.298. The van der Waals surface area contributed by atoms with Gasteiger partial charge in [-0.15, -0.1) is 0 Å². The summed E-state index contributed by atoms with van der Waals surface area (Å²) in [4.78, 5) is 12.1. The average molecular weight is 310 g/mol. The zero-order valence-electron chi connectivity index (χ0n) is 9.95. The number of hydrogen-bond donors (Lipinski definition) is 2. The van der Waals surface area contributed by atoms with Gasteiger partial charge in [0.25, 0.3) is 5.91 Å². The highest BCUT2D eigenvalue weighted by Crippen LogP contribution is 2.23. The molecular formula is C12H12BrN3O2. The minimum atomic E-state index is -0.298. The number of nitrogens with one attached hydrogen (secondary N) is 1. The average Bonchev–Trinajstić information content (AvgIpc) is 2.64. The second-order valence-corrected chi connectivity index (χ2v) is 4.77. The smallest absolute Gasteiger partial charge is 0.259 e. The molecule has 1 aromatic carbocycles. The maximum atomic E-state index is 12.1. The van der Waals surface area contributed by atoms with E-state index >= 15 is 0 Å². The van der Waals surface area contributed by atoms with Crippen LogP contribution in [-0.4, -0.2) is 11.1 Å². The largest absolute Gasteiger partial charge is 0.399 e. The highest BCUT2D eigenvalue weighted by Gasteiger charge is 2.15. The number of amides is 1. The lowest BCUT2D eigenvalue weighted by Gasteiger charge is -2.05. The van der Waals surface area contributed by atoms with E-state index in [1.54, 1.807) is 18.2 Å². The van der Waals surface area contributed by atoms with Gasteiger partial charge >= 0.3 is 0 Å². The van der Waals surface area contributed by atoms with Crippen molar-refractivity contribution in [2.24, 2.45) is 0 Å². The molecule has 2 aromatic rings. The van der Waals surface area contributed by atoms with Crippen LogP contribution < -0.4 is 11.1 Å². The van der Waals surface area contributed by atoms with Gasteiger partial charge in [0.05, 0.1) is 11.3 Å². The van der Waals surface area contributed by atoms with Crippen molar-refractivity contribution in [3.05, 3.63) is 39.5 Å². The monoisotopic (exact) mass is 309 g/mol. The van der Waals surface area contributed by atoms with Crippen LogP contribution in [0.1, 0.15) is 21.6 Å². The maximum Gasteiger partial charge on any atom is 0.259 e. The summed E-state index contributed by atoms with van der Waals surface area (Å²) in [6.45, 7) is 3.64. The van der Waals surface area contributed by atoms with E-state index in [1.807, 2.05) is 13.8 Å². The van der Waals surface area contributed by atoms with Crippen molar-refractivity contribution in [2.45, 2.75) is 13.8 Å². The van der Waals surface area contributed by atoms with E-state index in [9.17, 15) is 4.79 Å². The van der Waals surface area contributed by atoms with Gasteiger partial charge in [0.1, 0.15) is 0 Å². The summed E-state index contributed by atoms with van der Waals surface area (Å²) >= 11 is 3.31. The number of nitrogens with zero attached hydrogens (tertiary/aromatic N) is 1. The van der Waals surface area contributed by atoms with Crippen LogP contribution in [-0.2, 0) is 0 Å². The van der Waals surface area contributed by atoms with Crippen molar-refractivity contribution in [1.29, 1.82) is 0 Å². The zero-order chi connectivity index (χ0) is 13.3. The van der Waals surface area contributed by atoms with E-state index in [1.165, 1.54) is 0 Å². The Balaban J connectivity index is 2.27. The van der Waals surface area contributed by atoms with Gasteiger partial charge in [-0.25, -0.2) is 0 Å². The van der Waals surface area contributed by atoms with Crippen LogP contribution in [0.3, 0.4) is 0 Å². The molecule has 0 unspecified atom stereocenters. The molecule has 0 spiro atoms. The molecule has 0 aliphatic heterocycles. The normalized spacial score (nSPS) is 10.4. The van der Waals surface area contributed by atoms with Crippen molar-refractivity contribution in [3.63, 3.8) is 0 Å². The molecule has 0 fully saturated rings. The number of hydrogen-bond acceptors (Lipinski definition) is 4. The van der Waals surface area contributed by atoms with Crippen LogP contribution in [0.2, 0.25) is 0 Å². The number of carbonyl (C=O) groups is 1. The Morgan fingerprint density at radius 2 is 2.17 bits per heavy atom. The molecule has 0 aliphatic carbocycles. The van der Waals surface area contributed by atoms with Gasteiger partial charge in [-0.1, -0.05) is 5.16 Å². The van der Waals surface area contributed by atoms with Gasteiger partial charge in [0, 0.05) is 15.7 Å². The van der Waals surface area contributed by atoms with Crippen LogP contribution in [0, 0.1) is 13.8 Å². The van der Waals surface area contributed by atoms with Gasteiger partial charge in [-0.05, 0) is 48.0 Å². The molecule has 5 nitrogen and oxygen atoms in total. The van der Waals surface area contributed by atoms with Gasteiger partial charge in [0.15, 0.2) is 0 Å². The number of aromatic nitrogens is 1. The van der Waals surface area contributed by atoms with Gasteiger partial charge < -0.3 is 10.3 Å². The lowest BCUT2D eigenvalue weighted by atomic mass is 10.2. The van der Waals surface area contributed by atoms with E-state index in [0.29, 0.717) is 21.6 Å². The molecule has 6 heteroatoms. The number of benzene rings is 1. The Morgan fingerprint density at radius 1 is 1.44 bits per heavy atom.